The zero-order valence-corrected chi connectivity index (χ0v) is 16.9. The number of aromatic nitrogens is 1. The first-order valence-electron chi connectivity index (χ1n) is 10.6. The van der Waals surface area contributed by atoms with Gasteiger partial charge >= 0.3 is 0 Å². The van der Waals surface area contributed by atoms with Gasteiger partial charge in [0.25, 0.3) is 0 Å². The molecule has 3 heteroatoms. The van der Waals surface area contributed by atoms with Crippen LogP contribution >= 0.6 is 0 Å². The van der Waals surface area contributed by atoms with Crippen LogP contribution in [0.2, 0.25) is 0 Å². The Morgan fingerprint density at radius 2 is 1.78 bits per heavy atom. The number of hydrogen-bond acceptors (Lipinski definition) is 3. The average molecular weight is 364 g/mol. The van der Waals surface area contributed by atoms with Crippen molar-refractivity contribution in [2.24, 2.45) is 5.41 Å². The van der Waals surface area contributed by atoms with Crippen molar-refractivity contribution in [3.8, 4) is 0 Å². The van der Waals surface area contributed by atoms with Crippen LogP contribution in [0.3, 0.4) is 0 Å². The minimum atomic E-state index is 0.491. The first-order chi connectivity index (χ1) is 13.2. The predicted molar refractivity (Wildman–Crippen MR) is 112 cm³/mol. The molecule has 2 saturated heterocycles. The quantitative estimate of drug-likeness (QED) is 0.798. The maximum Gasteiger partial charge on any atom is 0.0547 e. The lowest BCUT2D eigenvalue weighted by molar-refractivity contribution is 0.0135. The van der Waals surface area contributed by atoms with Crippen molar-refractivity contribution in [2.45, 2.75) is 45.6 Å². The van der Waals surface area contributed by atoms with Crippen LogP contribution < -0.4 is 0 Å². The van der Waals surface area contributed by atoms with Crippen molar-refractivity contribution in [2.75, 3.05) is 32.7 Å². The van der Waals surface area contributed by atoms with Crippen molar-refractivity contribution in [1.29, 1.82) is 0 Å². The highest BCUT2D eigenvalue weighted by Gasteiger charge is 2.41. The third kappa shape index (κ3) is 4.41. The number of piperidine rings is 2. The third-order valence-corrected chi connectivity index (χ3v) is 6.68. The normalized spacial score (nSPS) is 23.6. The summed E-state index contributed by atoms with van der Waals surface area (Å²) in [7, 11) is 0. The topological polar surface area (TPSA) is 19.4 Å². The lowest BCUT2D eigenvalue weighted by Gasteiger charge is -2.50. The van der Waals surface area contributed by atoms with Gasteiger partial charge in [0.15, 0.2) is 0 Å². The Kier molecular flexibility index (Phi) is 5.60. The fourth-order valence-corrected chi connectivity index (χ4v) is 5.16. The Morgan fingerprint density at radius 3 is 2.48 bits per heavy atom. The summed E-state index contributed by atoms with van der Waals surface area (Å²) in [6.07, 6.45) is 3.99. The van der Waals surface area contributed by atoms with E-state index >= 15 is 0 Å². The van der Waals surface area contributed by atoms with E-state index in [0.29, 0.717) is 11.3 Å². The van der Waals surface area contributed by atoms with Crippen molar-refractivity contribution >= 4 is 0 Å². The molecule has 1 aromatic heterocycles. The second-order valence-electron chi connectivity index (χ2n) is 8.69. The molecule has 0 amide bonds. The summed E-state index contributed by atoms with van der Waals surface area (Å²) in [6, 6.07) is 17.6. The molecule has 2 aromatic rings. The fraction of sp³-hybridized carbons (Fsp3) is 0.542. The van der Waals surface area contributed by atoms with Gasteiger partial charge in [0.2, 0.25) is 0 Å². The van der Waals surface area contributed by atoms with Crippen LogP contribution in [0.4, 0.5) is 0 Å². The molecule has 0 unspecified atom stereocenters. The van der Waals surface area contributed by atoms with Gasteiger partial charge in [0.1, 0.15) is 0 Å². The number of benzene rings is 1. The molecule has 27 heavy (non-hydrogen) atoms. The molecule has 0 saturated carbocycles. The van der Waals surface area contributed by atoms with Crippen LogP contribution in [-0.2, 0) is 6.54 Å². The molecule has 4 rings (SSSR count). The van der Waals surface area contributed by atoms with Gasteiger partial charge in [-0.1, -0.05) is 43.3 Å². The Hall–Kier alpha value is -1.71. The number of aryl methyl sites for hydroxylation is 1. The summed E-state index contributed by atoms with van der Waals surface area (Å²) in [6.45, 7) is 11.5. The zero-order chi connectivity index (χ0) is 18.7. The molecule has 0 aliphatic carbocycles. The van der Waals surface area contributed by atoms with Crippen LogP contribution in [0.5, 0.6) is 0 Å². The SMILES string of the molecule is CCN1C[C@H](c2ccccc2)CC2(CCN(Cc3cccc(C)n3)CC2)C1. The molecule has 1 aromatic carbocycles. The maximum absolute atomic E-state index is 4.70. The molecule has 0 bridgehead atoms. The number of likely N-dealkylation sites (tertiary alicyclic amines) is 2. The van der Waals surface area contributed by atoms with E-state index in [4.69, 9.17) is 4.98 Å². The van der Waals surface area contributed by atoms with Gasteiger partial charge in [0, 0.05) is 25.3 Å². The lowest BCUT2D eigenvalue weighted by atomic mass is 9.68. The van der Waals surface area contributed by atoms with Crippen molar-refractivity contribution in [3.63, 3.8) is 0 Å². The fourth-order valence-electron chi connectivity index (χ4n) is 5.16. The van der Waals surface area contributed by atoms with Crippen molar-refractivity contribution in [1.82, 2.24) is 14.8 Å². The van der Waals surface area contributed by atoms with Gasteiger partial charge in [-0.2, -0.15) is 0 Å². The largest absolute Gasteiger partial charge is 0.302 e. The van der Waals surface area contributed by atoms with E-state index in [9.17, 15) is 0 Å². The van der Waals surface area contributed by atoms with E-state index in [0.717, 1.165) is 12.2 Å². The highest BCUT2D eigenvalue weighted by Crippen LogP contribution is 2.45. The molecular weight excluding hydrogens is 330 g/mol. The number of nitrogens with zero attached hydrogens (tertiary/aromatic N) is 3. The second kappa shape index (κ2) is 8.12. The van der Waals surface area contributed by atoms with E-state index in [1.165, 1.54) is 63.2 Å². The first kappa shape index (κ1) is 18.6. The van der Waals surface area contributed by atoms with Gasteiger partial charge in [0.05, 0.1) is 5.69 Å². The van der Waals surface area contributed by atoms with Gasteiger partial charge in [-0.3, -0.25) is 9.88 Å². The highest BCUT2D eigenvalue weighted by atomic mass is 15.2. The van der Waals surface area contributed by atoms with Crippen LogP contribution in [0.15, 0.2) is 48.5 Å². The number of pyridine rings is 1. The molecule has 2 aliphatic heterocycles. The maximum atomic E-state index is 4.70. The van der Waals surface area contributed by atoms with E-state index in [2.05, 4.69) is 72.2 Å². The van der Waals surface area contributed by atoms with E-state index in [1.54, 1.807) is 0 Å². The van der Waals surface area contributed by atoms with E-state index in [-0.39, 0.29) is 0 Å². The van der Waals surface area contributed by atoms with Gasteiger partial charge in [-0.05, 0) is 74.8 Å². The molecule has 2 fully saturated rings. The third-order valence-electron chi connectivity index (χ3n) is 6.68. The highest BCUT2D eigenvalue weighted by molar-refractivity contribution is 5.21. The summed E-state index contributed by atoms with van der Waals surface area (Å²) in [5.74, 6) is 0.685. The summed E-state index contributed by atoms with van der Waals surface area (Å²) < 4.78 is 0. The minimum Gasteiger partial charge on any atom is -0.302 e. The smallest absolute Gasteiger partial charge is 0.0547 e. The monoisotopic (exact) mass is 363 g/mol. The number of likely N-dealkylation sites (N-methyl/N-ethyl adjacent to an activating group) is 1. The lowest BCUT2D eigenvalue weighted by Crippen LogP contribution is -2.51. The van der Waals surface area contributed by atoms with Crippen LogP contribution in [-0.4, -0.2) is 47.5 Å². The Balaban J connectivity index is 1.42. The molecule has 144 valence electrons. The van der Waals surface area contributed by atoms with Crippen LogP contribution in [0.1, 0.15) is 49.1 Å². The number of hydrogen-bond donors (Lipinski definition) is 0. The molecule has 3 nitrogen and oxygen atoms in total. The number of rotatable bonds is 4. The summed E-state index contributed by atoms with van der Waals surface area (Å²) in [4.78, 5) is 10.00. The molecule has 2 aliphatic rings. The van der Waals surface area contributed by atoms with Gasteiger partial charge in [-0.25, -0.2) is 0 Å². The molecular formula is C24H33N3. The second-order valence-corrected chi connectivity index (χ2v) is 8.69. The first-order valence-corrected chi connectivity index (χ1v) is 10.6. The van der Waals surface area contributed by atoms with Crippen LogP contribution in [0.25, 0.3) is 0 Å². The zero-order valence-electron chi connectivity index (χ0n) is 16.9. The summed E-state index contributed by atoms with van der Waals surface area (Å²) in [5.41, 5.74) is 4.36. The van der Waals surface area contributed by atoms with Gasteiger partial charge < -0.3 is 4.90 Å². The Bertz CT molecular complexity index is 734. The molecule has 0 N–H and O–H groups in total. The van der Waals surface area contributed by atoms with E-state index < -0.39 is 0 Å². The summed E-state index contributed by atoms with van der Waals surface area (Å²) >= 11 is 0. The predicted octanol–water partition coefficient (Wildman–Crippen LogP) is 4.48. The average Bonchev–Trinajstić information content (AvgIpc) is 2.70. The molecule has 3 heterocycles. The standard InChI is InChI=1S/C24H33N3/c1-3-26-17-22(21-9-5-4-6-10-21)16-24(19-26)12-14-27(15-13-24)18-23-11-7-8-20(2)25-23/h4-11,22H,3,12-19H2,1-2H3/t22-/m1/s1. The van der Waals surface area contributed by atoms with Gasteiger partial charge in [-0.15, -0.1) is 0 Å². The Morgan fingerprint density at radius 1 is 1.00 bits per heavy atom. The molecule has 0 radical (unpaired) electrons. The Labute approximate surface area is 164 Å². The molecule has 1 atom stereocenters. The van der Waals surface area contributed by atoms with Crippen molar-refractivity contribution in [3.05, 3.63) is 65.5 Å². The molecule has 1 spiro atoms. The van der Waals surface area contributed by atoms with Crippen LogP contribution in [0, 0.1) is 12.3 Å². The van der Waals surface area contributed by atoms with Crippen molar-refractivity contribution < 1.29 is 0 Å². The summed E-state index contributed by atoms with van der Waals surface area (Å²) in [5, 5.41) is 0. The minimum absolute atomic E-state index is 0.491. The van der Waals surface area contributed by atoms with E-state index in [1.807, 2.05) is 0 Å².